The number of hydrogen-bond donors (Lipinski definition) is 4. The van der Waals surface area contributed by atoms with Gasteiger partial charge in [-0.2, -0.15) is 0 Å². The summed E-state index contributed by atoms with van der Waals surface area (Å²) in [5.41, 5.74) is 4.77. The third-order valence-corrected chi connectivity index (χ3v) is 10.2. The molecule has 256 valence electrons. The molecule has 0 bridgehead atoms. The van der Waals surface area contributed by atoms with E-state index < -0.39 is 76.1 Å². The molecule has 2 amide bonds. The van der Waals surface area contributed by atoms with Crippen molar-refractivity contribution in [3.05, 3.63) is 58.7 Å². The number of phenolic OH excluding ortho intramolecular Hbond substituents is 1. The maximum absolute atomic E-state index is 14.3. The van der Waals surface area contributed by atoms with Crippen LogP contribution in [-0.2, 0) is 43.4 Å². The number of aromatic hydroxyl groups is 1. The Morgan fingerprint density at radius 3 is 2.23 bits per heavy atom. The van der Waals surface area contributed by atoms with Crippen LogP contribution in [-0.4, -0.2) is 115 Å². The summed E-state index contributed by atoms with van der Waals surface area (Å²) in [7, 11) is 10.2. The molecule has 2 saturated carbocycles. The van der Waals surface area contributed by atoms with Gasteiger partial charge in [0, 0.05) is 37.8 Å². The number of nitrogens with one attached hydrogen (secondary N) is 1. The van der Waals surface area contributed by atoms with Crippen molar-refractivity contribution in [2.45, 2.75) is 43.5 Å². The highest BCUT2D eigenvalue weighted by Gasteiger charge is 2.69. The topological polar surface area (TPSA) is 191 Å². The number of rotatable bonds is 9. The summed E-state index contributed by atoms with van der Waals surface area (Å²) in [5, 5.41) is 26.3. The quantitative estimate of drug-likeness (QED) is 0.259. The van der Waals surface area contributed by atoms with Crippen molar-refractivity contribution in [1.82, 2.24) is 15.1 Å². The van der Waals surface area contributed by atoms with Crippen molar-refractivity contribution in [1.29, 1.82) is 0 Å². The number of carbonyl (C=O) groups excluding carboxylic acids is 6. The van der Waals surface area contributed by atoms with Crippen molar-refractivity contribution in [2.24, 2.45) is 29.4 Å². The summed E-state index contributed by atoms with van der Waals surface area (Å²) in [4.78, 5) is 86.0. The summed E-state index contributed by atoms with van der Waals surface area (Å²) in [6, 6.07) is 9.54. The number of likely N-dealkylation sites (N-methyl/N-ethyl adjacent to an activating group) is 2. The van der Waals surface area contributed by atoms with E-state index in [1.54, 1.807) is 58.2 Å². The van der Waals surface area contributed by atoms with Crippen LogP contribution >= 0.6 is 0 Å². The zero-order chi connectivity index (χ0) is 35.4. The van der Waals surface area contributed by atoms with Crippen LogP contribution < -0.4 is 16.0 Å². The van der Waals surface area contributed by atoms with E-state index in [1.165, 1.54) is 4.90 Å². The number of nitrogens with zero attached hydrogens (tertiary/aromatic N) is 3. The van der Waals surface area contributed by atoms with Gasteiger partial charge in [-0.05, 0) is 70.6 Å². The molecule has 2 aromatic carbocycles. The average molecular weight is 662 g/mol. The molecule has 7 atom stereocenters. The maximum atomic E-state index is 14.3. The molecule has 13 heteroatoms. The van der Waals surface area contributed by atoms with Crippen molar-refractivity contribution < 1.29 is 39.0 Å². The molecule has 2 fully saturated rings. The first-order valence-corrected chi connectivity index (χ1v) is 15.9. The maximum Gasteiger partial charge on any atom is 0.237 e. The standard InChI is InChI=1S/C35H43N5O8/c1-38(2)22-15-19(16-37-34(47)23(39(3)4)12-17-10-8-7-9-11-17)28(41)25-20(22)13-18-14-21-27(40(5)6)30(43)26(33(36)46)32(45)35(21,48)31(44)24(18)29(25)42/h7-11,15,18,21,23-24,26-27,41,48H,12-14,16H2,1-6H3,(H2,36,46)(H,37,47)/t18-,21-,23?,24?,26?,27?,35-/m0/s1. The molecule has 2 aromatic rings. The number of ketones is 4. The van der Waals surface area contributed by atoms with Crippen LogP contribution in [0.3, 0.4) is 0 Å². The number of amides is 2. The van der Waals surface area contributed by atoms with Gasteiger partial charge in [0.05, 0.1) is 23.6 Å². The van der Waals surface area contributed by atoms with E-state index in [0.29, 0.717) is 17.7 Å². The molecular formula is C35H43N5O8. The summed E-state index contributed by atoms with van der Waals surface area (Å²) in [5.74, 6) is -11.4. The first-order valence-electron chi connectivity index (χ1n) is 15.9. The molecule has 5 N–H and O–H groups in total. The number of primary amides is 1. The minimum Gasteiger partial charge on any atom is -0.507 e. The number of nitrogens with two attached hydrogens (primary N) is 1. The second-order valence-electron chi connectivity index (χ2n) is 13.8. The number of Topliss-reactive ketones (excluding diaryl/α,β-unsaturated/α-hetero) is 4. The minimum atomic E-state index is -2.80. The monoisotopic (exact) mass is 661 g/mol. The Bertz CT molecular complexity index is 1690. The molecule has 0 spiro atoms. The highest BCUT2D eigenvalue weighted by molar-refractivity contribution is 6.32. The molecule has 5 rings (SSSR count). The van der Waals surface area contributed by atoms with E-state index in [4.69, 9.17) is 5.73 Å². The largest absolute Gasteiger partial charge is 0.507 e. The van der Waals surface area contributed by atoms with Crippen LogP contribution in [0.1, 0.15) is 33.5 Å². The van der Waals surface area contributed by atoms with Gasteiger partial charge in [-0.15, -0.1) is 0 Å². The van der Waals surface area contributed by atoms with Gasteiger partial charge >= 0.3 is 0 Å². The third kappa shape index (κ3) is 5.59. The van der Waals surface area contributed by atoms with Gasteiger partial charge in [-0.1, -0.05) is 30.3 Å². The van der Waals surface area contributed by atoms with Crippen LogP contribution in [0.15, 0.2) is 36.4 Å². The lowest BCUT2D eigenvalue weighted by Gasteiger charge is -2.52. The summed E-state index contributed by atoms with van der Waals surface area (Å²) >= 11 is 0. The summed E-state index contributed by atoms with van der Waals surface area (Å²) in [6.45, 7) is -0.120. The van der Waals surface area contributed by atoms with Crippen molar-refractivity contribution in [3.63, 3.8) is 0 Å². The predicted octanol–water partition coefficient (Wildman–Crippen LogP) is -0.278. The van der Waals surface area contributed by atoms with Gasteiger partial charge in [-0.25, -0.2) is 0 Å². The van der Waals surface area contributed by atoms with Crippen molar-refractivity contribution in [2.75, 3.05) is 47.2 Å². The molecule has 48 heavy (non-hydrogen) atoms. The minimum absolute atomic E-state index is 0.0390. The van der Waals surface area contributed by atoms with E-state index in [0.717, 1.165) is 5.56 Å². The highest BCUT2D eigenvalue weighted by atomic mass is 16.3. The van der Waals surface area contributed by atoms with Crippen molar-refractivity contribution in [3.8, 4) is 5.75 Å². The van der Waals surface area contributed by atoms with Gasteiger partial charge in [-0.3, -0.25) is 38.6 Å². The van der Waals surface area contributed by atoms with Crippen LogP contribution in [0.4, 0.5) is 5.69 Å². The Labute approximate surface area is 279 Å². The van der Waals surface area contributed by atoms with E-state index in [2.05, 4.69) is 5.32 Å². The van der Waals surface area contributed by atoms with Gasteiger partial charge < -0.3 is 26.2 Å². The fraction of sp³-hybridized carbons (Fsp3) is 0.486. The fourth-order valence-corrected chi connectivity index (χ4v) is 7.89. The molecule has 0 saturated heterocycles. The number of hydrogen-bond acceptors (Lipinski definition) is 11. The lowest BCUT2D eigenvalue weighted by Crippen LogP contribution is -2.74. The average Bonchev–Trinajstić information content (AvgIpc) is 3.01. The lowest BCUT2D eigenvalue weighted by molar-refractivity contribution is -0.181. The van der Waals surface area contributed by atoms with E-state index in [1.807, 2.05) is 30.3 Å². The number of benzene rings is 2. The highest BCUT2D eigenvalue weighted by Crippen LogP contribution is 2.52. The number of anilines is 1. The van der Waals surface area contributed by atoms with E-state index >= 15 is 0 Å². The van der Waals surface area contributed by atoms with E-state index in [9.17, 15) is 39.0 Å². The number of phenols is 1. The Morgan fingerprint density at radius 1 is 1.02 bits per heavy atom. The van der Waals surface area contributed by atoms with Crippen LogP contribution in [0, 0.1) is 23.7 Å². The molecular weight excluding hydrogens is 618 g/mol. The van der Waals surface area contributed by atoms with Crippen molar-refractivity contribution >= 4 is 40.6 Å². The summed E-state index contributed by atoms with van der Waals surface area (Å²) < 4.78 is 0. The molecule has 0 aliphatic heterocycles. The zero-order valence-electron chi connectivity index (χ0n) is 28.0. The Balaban J connectivity index is 1.51. The second-order valence-corrected chi connectivity index (χ2v) is 13.8. The smallest absolute Gasteiger partial charge is 0.237 e. The van der Waals surface area contributed by atoms with Gasteiger partial charge in [0.15, 0.2) is 34.7 Å². The SMILES string of the molecule is CN(C)c1cc(CNC(=O)C(Cc2ccccc2)N(C)C)c(O)c2c1C[C@H]1C[C@H]3C(N(C)C)C(=O)C(C(N)=O)C(=O)[C@@]3(O)C(=O)C1C2=O. The molecule has 0 aromatic heterocycles. The molecule has 3 aliphatic rings. The fourth-order valence-electron chi connectivity index (χ4n) is 7.89. The van der Waals surface area contributed by atoms with Gasteiger partial charge in [0.2, 0.25) is 11.8 Å². The Hall–Kier alpha value is -4.46. The number of fused-ring (bicyclic) bond motifs is 3. The Kier molecular flexibility index (Phi) is 9.34. The van der Waals surface area contributed by atoms with Gasteiger partial charge in [0.1, 0.15) is 5.75 Å². The molecule has 3 aliphatic carbocycles. The first-order chi connectivity index (χ1) is 22.5. The second kappa shape index (κ2) is 12.9. The third-order valence-electron chi connectivity index (χ3n) is 10.2. The van der Waals surface area contributed by atoms with E-state index in [-0.39, 0.29) is 36.4 Å². The summed E-state index contributed by atoms with van der Waals surface area (Å²) in [6.07, 6.45) is 0.546. The zero-order valence-corrected chi connectivity index (χ0v) is 28.0. The number of carbonyl (C=O) groups is 6. The van der Waals surface area contributed by atoms with Gasteiger partial charge in [0.25, 0.3) is 0 Å². The Morgan fingerprint density at radius 2 is 1.67 bits per heavy atom. The normalized spacial score (nSPS) is 27.3. The number of aliphatic hydroxyl groups is 1. The lowest BCUT2D eigenvalue weighted by atomic mass is 9.52. The van der Waals surface area contributed by atoms with Crippen LogP contribution in [0.5, 0.6) is 5.75 Å². The van der Waals surface area contributed by atoms with Crippen LogP contribution in [0.25, 0.3) is 0 Å². The molecule has 13 nitrogen and oxygen atoms in total. The molecule has 0 radical (unpaired) electrons. The molecule has 4 unspecified atom stereocenters. The van der Waals surface area contributed by atoms with Crippen LogP contribution in [0.2, 0.25) is 0 Å². The first kappa shape index (κ1) is 34.9. The molecule has 0 heterocycles. The predicted molar refractivity (Wildman–Crippen MR) is 175 cm³/mol.